The lowest BCUT2D eigenvalue weighted by molar-refractivity contribution is 0.148. The summed E-state index contributed by atoms with van der Waals surface area (Å²) in [6.07, 6.45) is 0. The molecule has 2 aromatic rings. The van der Waals surface area contributed by atoms with E-state index in [1.54, 1.807) is 0 Å². The fraction of sp³-hybridized carbons (Fsp3) is 0.467. The molecular formula is C15H19N7. The largest absolute Gasteiger partial charge is 0.304 e. The quantitative estimate of drug-likeness (QED) is 0.823. The molecule has 7 heteroatoms. The van der Waals surface area contributed by atoms with E-state index in [0.717, 1.165) is 38.3 Å². The van der Waals surface area contributed by atoms with Crippen LogP contribution >= 0.6 is 0 Å². The predicted octanol–water partition coefficient (Wildman–Crippen LogP) is 0.611. The van der Waals surface area contributed by atoms with Gasteiger partial charge in [-0.3, -0.25) is 4.90 Å². The molecule has 114 valence electrons. The van der Waals surface area contributed by atoms with Crippen LogP contribution in [0.4, 0.5) is 0 Å². The molecule has 1 fully saturated rings. The van der Waals surface area contributed by atoms with E-state index >= 15 is 0 Å². The number of likely N-dealkylation sites (N-methyl/N-ethyl adjacent to an activating group) is 1. The maximum Gasteiger partial charge on any atom is 0.183 e. The molecule has 1 aliphatic rings. The van der Waals surface area contributed by atoms with Gasteiger partial charge in [-0.1, -0.05) is 24.3 Å². The number of hydrogen-bond donors (Lipinski definition) is 0. The van der Waals surface area contributed by atoms with Crippen molar-refractivity contribution in [3.8, 4) is 17.5 Å². The Morgan fingerprint density at radius 3 is 2.55 bits per heavy atom. The fourth-order valence-corrected chi connectivity index (χ4v) is 2.61. The first kappa shape index (κ1) is 14.6. The minimum atomic E-state index is 0.158. The number of hydrogen-bond acceptors (Lipinski definition) is 6. The number of nitrogens with zero attached hydrogens (tertiary/aromatic N) is 7. The topological polar surface area (TPSA) is 73.9 Å². The standard InChI is InChI=1S/C15H19N7/c1-20-8-10-21(11-9-20)12-13-2-4-14(5-3-13)15-17-18-19-22(15)7-6-16/h2-5H,7-12H2,1H3. The second kappa shape index (κ2) is 6.64. The van der Waals surface area contributed by atoms with Gasteiger partial charge in [0.25, 0.3) is 0 Å². The zero-order valence-corrected chi connectivity index (χ0v) is 12.7. The average molecular weight is 297 g/mol. The Morgan fingerprint density at radius 1 is 1.14 bits per heavy atom. The predicted molar refractivity (Wildman–Crippen MR) is 81.6 cm³/mol. The summed E-state index contributed by atoms with van der Waals surface area (Å²) >= 11 is 0. The summed E-state index contributed by atoms with van der Waals surface area (Å²) in [6.45, 7) is 5.60. The molecule has 0 spiro atoms. The monoisotopic (exact) mass is 297 g/mol. The Balaban J connectivity index is 1.68. The molecular weight excluding hydrogens is 278 g/mol. The maximum atomic E-state index is 8.78. The summed E-state index contributed by atoms with van der Waals surface area (Å²) in [5.74, 6) is 0.632. The number of tetrazole rings is 1. The van der Waals surface area contributed by atoms with Gasteiger partial charge in [0.1, 0.15) is 6.54 Å². The summed E-state index contributed by atoms with van der Waals surface area (Å²) in [7, 11) is 2.16. The Morgan fingerprint density at radius 2 is 1.86 bits per heavy atom. The number of rotatable bonds is 4. The molecule has 0 bridgehead atoms. The SMILES string of the molecule is CN1CCN(Cc2ccc(-c3nnnn3CC#N)cc2)CC1. The highest BCUT2D eigenvalue weighted by Crippen LogP contribution is 2.17. The number of piperazine rings is 1. The second-order valence-corrected chi connectivity index (χ2v) is 5.59. The van der Waals surface area contributed by atoms with Gasteiger partial charge in [0.2, 0.25) is 0 Å². The van der Waals surface area contributed by atoms with E-state index in [2.05, 4.69) is 50.6 Å². The lowest BCUT2D eigenvalue weighted by Gasteiger charge is -2.32. The highest BCUT2D eigenvalue weighted by atomic mass is 15.5. The number of benzene rings is 1. The molecule has 0 radical (unpaired) electrons. The van der Waals surface area contributed by atoms with Crippen molar-refractivity contribution in [1.82, 2.24) is 30.0 Å². The van der Waals surface area contributed by atoms with Crippen molar-refractivity contribution >= 4 is 0 Å². The average Bonchev–Trinajstić information content (AvgIpc) is 2.99. The van der Waals surface area contributed by atoms with E-state index in [0.29, 0.717) is 5.82 Å². The van der Waals surface area contributed by atoms with E-state index in [9.17, 15) is 0 Å². The molecule has 0 aliphatic carbocycles. The Labute approximate surface area is 129 Å². The lowest BCUT2D eigenvalue weighted by Crippen LogP contribution is -2.43. The van der Waals surface area contributed by atoms with Crippen LogP contribution in [0.2, 0.25) is 0 Å². The van der Waals surface area contributed by atoms with E-state index in [-0.39, 0.29) is 6.54 Å². The fourth-order valence-electron chi connectivity index (χ4n) is 2.61. The maximum absolute atomic E-state index is 8.78. The first-order valence-electron chi connectivity index (χ1n) is 7.39. The van der Waals surface area contributed by atoms with E-state index < -0.39 is 0 Å². The van der Waals surface area contributed by atoms with Crippen molar-refractivity contribution < 1.29 is 0 Å². The summed E-state index contributed by atoms with van der Waals surface area (Å²) in [5.41, 5.74) is 2.22. The van der Waals surface area contributed by atoms with Crippen molar-refractivity contribution in [2.75, 3.05) is 33.2 Å². The van der Waals surface area contributed by atoms with Gasteiger partial charge in [-0.05, 0) is 23.0 Å². The van der Waals surface area contributed by atoms with Crippen LogP contribution in [0.5, 0.6) is 0 Å². The van der Waals surface area contributed by atoms with Crippen LogP contribution in [0.25, 0.3) is 11.4 Å². The number of nitriles is 1. The molecule has 22 heavy (non-hydrogen) atoms. The normalized spacial score (nSPS) is 16.5. The molecule has 7 nitrogen and oxygen atoms in total. The molecule has 0 atom stereocenters. The Bertz CT molecular complexity index is 647. The van der Waals surface area contributed by atoms with Gasteiger partial charge >= 0.3 is 0 Å². The zero-order chi connectivity index (χ0) is 15.4. The lowest BCUT2D eigenvalue weighted by atomic mass is 10.1. The third kappa shape index (κ3) is 3.30. The summed E-state index contributed by atoms with van der Waals surface area (Å²) < 4.78 is 1.51. The van der Waals surface area contributed by atoms with Gasteiger partial charge in [-0.15, -0.1) is 5.10 Å². The molecule has 1 aromatic carbocycles. The van der Waals surface area contributed by atoms with Crippen LogP contribution in [0, 0.1) is 11.3 Å². The third-order valence-corrected chi connectivity index (χ3v) is 3.97. The third-order valence-electron chi connectivity index (χ3n) is 3.97. The van der Waals surface area contributed by atoms with Crippen LogP contribution in [0.1, 0.15) is 5.56 Å². The van der Waals surface area contributed by atoms with Crippen molar-refractivity contribution in [2.24, 2.45) is 0 Å². The highest BCUT2D eigenvalue weighted by Gasteiger charge is 2.14. The molecule has 3 rings (SSSR count). The van der Waals surface area contributed by atoms with Gasteiger partial charge in [0.05, 0.1) is 6.07 Å². The molecule has 1 aliphatic heterocycles. The van der Waals surface area contributed by atoms with Crippen LogP contribution < -0.4 is 0 Å². The molecule has 0 N–H and O–H groups in total. The second-order valence-electron chi connectivity index (χ2n) is 5.59. The highest BCUT2D eigenvalue weighted by molar-refractivity contribution is 5.55. The van der Waals surface area contributed by atoms with Crippen molar-refractivity contribution in [1.29, 1.82) is 5.26 Å². The summed E-state index contributed by atoms with van der Waals surface area (Å²) in [4.78, 5) is 4.82. The molecule has 0 unspecified atom stereocenters. The van der Waals surface area contributed by atoms with E-state index in [1.165, 1.54) is 10.2 Å². The smallest absolute Gasteiger partial charge is 0.183 e. The van der Waals surface area contributed by atoms with E-state index in [4.69, 9.17) is 5.26 Å². The van der Waals surface area contributed by atoms with Gasteiger partial charge in [0, 0.05) is 38.3 Å². The Kier molecular flexibility index (Phi) is 4.42. The van der Waals surface area contributed by atoms with Crippen molar-refractivity contribution in [3.05, 3.63) is 29.8 Å². The summed E-state index contributed by atoms with van der Waals surface area (Å²) in [6, 6.07) is 10.3. The molecule has 0 amide bonds. The minimum absolute atomic E-state index is 0.158. The molecule has 1 saturated heterocycles. The van der Waals surface area contributed by atoms with E-state index in [1.807, 2.05) is 12.1 Å². The van der Waals surface area contributed by atoms with Gasteiger partial charge in [-0.2, -0.15) is 5.26 Å². The van der Waals surface area contributed by atoms with Gasteiger partial charge in [0.15, 0.2) is 5.82 Å². The van der Waals surface area contributed by atoms with Crippen molar-refractivity contribution in [3.63, 3.8) is 0 Å². The molecule has 1 aromatic heterocycles. The Hall–Kier alpha value is -2.30. The first-order valence-corrected chi connectivity index (χ1v) is 7.39. The molecule has 0 saturated carbocycles. The van der Waals surface area contributed by atoms with Crippen LogP contribution in [-0.4, -0.2) is 63.2 Å². The van der Waals surface area contributed by atoms with Crippen LogP contribution in [0.15, 0.2) is 24.3 Å². The van der Waals surface area contributed by atoms with Gasteiger partial charge in [-0.25, -0.2) is 4.68 Å². The van der Waals surface area contributed by atoms with Crippen LogP contribution in [0.3, 0.4) is 0 Å². The molecule has 2 heterocycles. The summed E-state index contributed by atoms with van der Waals surface area (Å²) in [5, 5.41) is 20.2. The number of aromatic nitrogens is 4. The van der Waals surface area contributed by atoms with Gasteiger partial charge < -0.3 is 4.90 Å². The van der Waals surface area contributed by atoms with Crippen LogP contribution in [-0.2, 0) is 13.1 Å². The zero-order valence-electron chi connectivity index (χ0n) is 12.7. The minimum Gasteiger partial charge on any atom is -0.304 e. The first-order chi connectivity index (χ1) is 10.8. The van der Waals surface area contributed by atoms with Crippen molar-refractivity contribution in [2.45, 2.75) is 13.1 Å².